The summed E-state index contributed by atoms with van der Waals surface area (Å²) in [6.45, 7) is 1.75. The topological polar surface area (TPSA) is 24.1 Å². The van der Waals surface area contributed by atoms with Gasteiger partial charge in [-0.25, -0.2) is 0 Å². The monoisotopic (exact) mass is 276 g/mol. The van der Waals surface area contributed by atoms with E-state index in [0.717, 1.165) is 19.5 Å². The minimum Gasteiger partial charge on any atom is -0.257 e. The van der Waals surface area contributed by atoms with Gasteiger partial charge in [-0.15, -0.1) is 0 Å². The molecular formula is C19H20N2. The first-order chi connectivity index (χ1) is 10.4. The van der Waals surface area contributed by atoms with Gasteiger partial charge >= 0.3 is 0 Å². The Morgan fingerprint density at radius 2 is 1.43 bits per heavy atom. The van der Waals surface area contributed by atoms with Gasteiger partial charge in [0.25, 0.3) is 0 Å². The summed E-state index contributed by atoms with van der Waals surface area (Å²) in [7, 11) is 0. The summed E-state index contributed by atoms with van der Waals surface area (Å²) in [5.41, 5.74) is 9.29. The summed E-state index contributed by atoms with van der Waals surface area (Å²) in [6, 6.07) is 25.5. The average Bonchev–Trinajstić information content (AvgIpc) is 2.56. The normalized spacial score (nSPS) is 10.9. The van der Waals surface area contributed by atoms with E-state index in [4.69, 9.17) is 0 Å². The van der Waals surface area contributed by atoms with Crippen molar-refractivity contribution in [2.75, 3.05) is 6.54 Å². The largest absolute Gasteiger partial charge is 0.257 e. The van der Waals surface area contributed by atoms with Gasteiger partial charge in [0.15, 0.2) is 0 Å². The van der Waals surface area contributed by atoms with Crippen LogP contribution in [0.15, 0.2) is 72.8 Å². The molecule has 2 nitrogen and oxygen atoms in total. The van der Waals surface area contributed by atoms with E-state index in [-0.39, 0.29) is 0 Å². The van der Waals surface area contributed by atoms with Gasteiger partial charge in [-0.1, -0.05) is 72.8 Å². The number of hydrogen-bond acceptors (Lipinski definition) is 2. The van der Waals surface area contributed by atoms with E-state index in [9.17, 15) is 0 Å². The zero-order valence-corrected chi connectivity index (χ0v) is 12.0. The summed E-state index contributed by atoms with van der Waals surface area (Å²) < 4.78 is 0. The van der Waals surface area contributed by atoms with Crippen LogP contribution in [0, 0.1) is 0 Å². The van der Waals surface area contributed by atoms with Crippen LogP contribution in [-0.4, -0.2) is 6.54 Å². The van der Waals surface area contributed by atoms with Crippen LogP contribution in [0.5, 0.6) is 0 Å². The smallest absolute Gasteiger partial charge is 0.0357 e. The molecule has 0 saturated carbocycles. The molecule has 2 N–H and O–H groups in total. The fourth-order valence-corrected chi connectivity index (χ4v) is 2.54. The molecule has 0 saturated heterocycles. The third kappa shape index (κ3) is 3.69. The van der Waals surface area contributed by atoms with Crippen molar-refractivity contribution in [1.82, 2.24) is 10.9 Å². The molecular weight excluding hydrogens is 256 g/mol. The van der Waals surface area contributed by atoms with Crippen molar-refractivity contribution in [2.24, 2.45) is 0 Å². The second-order valence-electron chi connectivity index (χ2n) is 5.15. The van der Waals surface area contributed by atoms with E-state index in [1.54, 1.807) is 0 Å². The lowest BCUT2D eigenvalue weighted by atomic mass is 10.1. The van der Waals surface area contributed by atoms with Gasteiger partial charge in [-0.3, -0.25) is 10.9 Å². The average molecular weight is 276 g/mol. The van der Waals surface area contributed by atoms with Crippen LogP contribution in [-0.2, 0) is 13.0 Å². The highest BCUT2D eigenvalue weighted by atomic mass is 15.3. The Labute approximate surface area is 125 Å². The Kier molecular flexibility index (Phi) is 4.62. The van der Waals surface area contributed by atoms with Crippen LogP contribution in [0.1, 0.15) is 11.1 Å². The number of hydrogen-bond donors (Lipinski definition) is 2. The lowest BCUT2D eigenvalue weighted by Gasteiger charge is -2.09. The molecule has 0 aromatic heterocycles. The molecule has 0 atom stereocenters. The van der Waals surface area contributed by atoms with Gasteiger partial charge in [0.1, 0.15) is 0 Å². The molecule has 0 aliphatic carbocycles. The molecule has 106 valence electrons. The third-order valence-corrected chi connectivity index (χ3v) is 3.67. The van der Waals surface area contributed by atoms with Crippen LogP contribution in [0.4, 0.5) is 0 Å². The minimum atomic E-state index is 0.830. The molecule has 21 heavy (non-hydrogen) atoms. The Balaban J connectivity index is 1.51. The summed E-state index contributed by atoms with van der Waals surface area (Å²) in [5, 5.41) is 2.61. The highest BCUT2D eigenvalue weighted by Gasteiger charge is 1.99. The predicted octanol–water partition coefficient (Wildman–Crippen LogP) is 3.68. The third-order valence-electron chi connectivity index (χ3n) is 3.67. The molecule has 0 spiro atoms. The fraction of sp³-hybridized carbons (Fsp3) is 0.158. The van der Waals surface area contributed by atoms with Crippen LogP contribution in [0.25, 0.3) is 10.8 Å². The van der Waals surface area contributed by atoms with Gasteiger partial charge in [-0.05, 0) is 28.3 Å². The molecule has 0 unspecified atom stereocenters. The lowest BCUT2D eigenvalue weighted by Crippen LogP contribution is -2.32. The van der Waals surface area contributed by atoms with Crippen molar-refractivity contribution >= 4 is 10.8 Å². The van der Waals surface area contributed by atoms with Crippen molar-refractivity contribution < 1.29 is 0 Å². The van der Waals surface area contributed by atoms with Gasteiger partial charge < -0.3 is 0 Å². The number of rotatable bonds is 6. The summed E-state index contributed by atoms with van der Waals surface area (Å²) >= 11 is 0. The maximum absolute atomic E-state index is 3.31. The van der Waals surface area contributed by atoms with Crippen LogP contribution >= 0.6 is 0 Å². The second kappa shape index (κ2) is 7.02. The van der Waals surface area contributed by atoms with Crippen molar-refractivity contribution in [3.63, 3.8) is 0 Å². The molecule has 0 fully saturated rings. The predicted molar refractivity (Wildman–Crippen MR) is 88.9 cm³/mol. The molecule has 0 amide bonds. The second-order valence-corrected chi connectivity index (χ2v) is 5.15. The molecule has 2 heteroatoms. The van der Waals surface area contributed by atoms with E-state index in [1.807, 2.05) is 0 Å². The zero-order chi connectivity index (χ0) is 14.3. The van der Waals surface area contributed by atoms with E-state index in [2.05, 4.69) is 83.6 Å². The first-order valence-electron chi connectivity index (χ1n) is 7.40. The van der Waals surface area contributed by atoms with Crippen LogP contribution in [0.2, 0.25) is 0 Å². The van der Waals surface area contributed by atoms with E-state index in [1.165, 1.54) is 21.9 Å². The maximum Gasteiger partial charge on any atom is 0.0357 e. The summed E-state index contributed by atoms with van der Waals surface area (Å²) in [4.78, 5) is 0. The quantitative estimate of drug-likeness (QED) is 0.530. The Morgan fingerprint density at radius 3 is 2.33 bits per heavy atom. The summed E-state index contributed by atoms with van der Waals surface area (Å²) in [6.07, 6.45) is 1.03. The molecule has 0 aliphatic rings. The van der Waals surface area contributed by atoms with Crippen LogP contribution < -0.4 is 10.9 Å². The van der Waals surface area contributed by atoms with Crippen molar-refractivity contribution in [2.45, 2.75) is 13.0 Å². The molecule has 0 heterocycles. The van der Waals surface area contributed by atoms with E-state index in [0.29, 0.717) is 0 Å². The number of hydrazine groups is 1. The summed E-state index contributed by atoms with van der Waals surface area (Å²) in [5.74, 6) is 0. The van der Waals surface area contributed by atoms with Gasteiger partial charge in [0, 0.05) is 13.1 Å². The number of benzene rings is 3. The minimum absolute atomic E-state index is 0.830. The van der Waals surface area contributed by atoms with Crippen molar-refractivity contribution in [3.8, 4) is 0 Å². The van der Waals surface area contributed by atoms with Crippen molar-refractivity contribution in [3.05, 3.63) is 83.9 Å². The highest BCUT2D eigenvalue weighted by molar-refractivity contribution is 5.85. The molecule has 3 rings (SSSR count). The van der Waals surface area contributed by atoms with E-state index >= 15 is 0 Å². The number of fused-ring (bicyclic) bond motifs is 1. The van der Waals surface area contributed by atoms with Crippen molar-refractivity contribution in [1.29, 1.82) is 0 Å². The maximum atomic E-state index is 3.31. The molecule has 0 bridgehead atoms. The molecule has 3 aromatic rings. The van der Waals surface area contributed by atoms with Gasteiger partial charge in [0.2, 0.25) is 0 Å². The Morgan fingerprint density at radius 1 is 0.667 bits per heavy atom. The van der Waals surface area contributed by atoms with Gasteiger partial charge in [0.05, 0.1) is 0 Å². The van der Waals surface area contributed by atoms with Gasteiger partial charge in [-0.2, -0.15) is 0 Å². The molecule has 3 aromatic carbocycles. The first kappa shape index (κ1) is 13.8. The van der Waals surface area contributed by atoms with E-state index < -0.39 is 0 Å². The lowest BCUT2D eigenvalue weighted by molar-refractivity contribution is 0.535. The Hall–Kier alpha value is -2.16. The standard InChI is InChI=1S/C19H20N2/c1-2-7-16(8-3-1)13-14-20-21-15-18-11-6-10-17-9-4-5-12-19(17)18/h1-12,20-21H,13-15H2. The SMILES string of the molecule is c1ccc(CCNNCc2cccc3ccccc23)cc1. The molecule has 0 radical (unpaired) electrons. The van der Waals surface area contributed by atoms with Crippen LogP contribution in [0.3, 0.4) is 0 Å². The zero-order valence-electron chi connectivity index (χ0n) is 12.0. The number of nitrogens with one attached hydrogen (secondary N) is 2. The molecule has 0 aliphatic heterocycles. The Bertz CT molecular complexity index is 687. The first-order valence-corrected chi connectivity index (χ1v) is 7.40. The fourth-order valence-electron chi connectivity index (χ4n) is 2.54. The highest BCUT2D eigenvalue weighted by Crippen LogP contribution is 2.17.